The van der Waals surface area contributed by atoms with Crippen LogP contribution in [0.5, 0.6) is 0 Å². The van der Waals surface area contributed by atoms with Crippen LogP contribution in [0.4, 0.5) is 13.2 Å². The Morgan fingerprint density at radius 2 is 1.83 bits per heavy atom. The summed E-state index contributed by atoms with van der Waals surface area (Å²) in [5, 5.41) is 15.5. The third-order valence-electron chi connectivity index (χ3n) is 7.70. The van der Waals surface area contributed by atoms with E-state index in [1.807, 2.05) is 30.3 Å². The van der Waals surface area contributed by atoms with Gasteiger partial charge in [0.15, 0.2) is 11.4 Å². The largest absolute Gasteiger partial charge is 0.418 e. The van der Waals surface area contributed by atoms with Gasteiger partial charge in [-0.15, -0.1) is 16.4 Å². The van der Waals surface area contributed by atoms with Crippen molar-refractivity contribution in [2.24, 2.45) is 0 Å². The second kappa shape index (κ2) is 12.5. The van der Waals surface area contributed by atoms with Gasteiger partial charge >= 0.3 is 6.18 Å². The summed E-state index contributed by atoms with van der Waals surface area (Å²) in [6.45, 7) is 0.0874. The predicted molar refractivity (Wildman–Crippen MR) is 162 cm³/mol. The molecule has 2 aliphatic rings. The average molecular weight is 714 g/mol. The van der Waals surface area contributed by atoms with Gasteiger partial charge in [-0.25, -0.2) is 14.3 Å². The van der Waals surface area contributed by atoms with Crippen LogP contribution in [0.2, 0.25) is 15.3 Å². The summed E-state index contributed by atoms with van der Waals surface area (Å²) in [7, 11) is 1.46. The lowest BCUT2D eigenvalue weighted by atomic mass is 9.90. The molecule has 0 bridgehead atoms. The average Bonchev–Trinajstić information content (AvgIpc) is 3.79. The van der Waals surface area contributed by atoms with Crippen LogP contribution in [-0.2, 0) is 25.1 Å². The zero-order valence-electron chi connectivity index (χ0n) is 23.5. The second-order valence-corrected chi connectivity index (χ2v) is 12.6. The van der Waals surface area contributed by atoms with Gasteiger partial charge < -0.3 is 18.9 Å². The van der Waals surface area contributed by atoms with Gasteiger partial charge in [0.25, 0.3) is 0 Å². The van der Waals surface area contributed by atoms with Crippen LogP contribution in [0.3, 0.4) is 0 Å². The molecule has 5 aromatic rings. The molecule has 3 aromatic heterocycles. The fraction of sp³-hybridized carbons (Fsp3) is 0.310. The summed E-state index contributed by atoms with van der Waals surface area (Å²) in [4.78, 5) is 4.29. The lowest BCUT2D eigenvalue weighted by Gasteiger charge is -2.49. The number of aromatic nitrogens is 6. The van der Waals surface area contributed by atoms with Crippen molar-refractivity contribution in [2.75, 3.05) is 13.7 Å². The van der Waals surface area contributed by atoms with Gasteiger partial charge in [0, 0.05) is 29.1 Å². The number of hydrogen-bond acceptors (Lipinski definition) is 9. The summed E-state index contributed by atoms with van der Waals surface area (Å²) in [5.41, 5.74) is 0.140. The zero-order valence-corrected chi connectivity index (χ0v) is 26.6. The van der Waals surface area contributed by atoms with E-state index in [0.29, 0.717) is 15.9 Å². The first kappa shape index (κ1) is 31.5. The number of benzene rings is 2. The lowest BCUT2D eigenvalue weighted by molar-refractivity contribution is -0.320. The Bertz CT molecular complexity index is 1850. The maximum Gasteiger partial charge on any atom is 0.418 e. The number of hydrogen-bond donors (Lipinski definition) is 0. The van der Waals surface area contributed by atoms with E-state index < -0.39 is 48.5 Å². The van der Waals surface area contributed by atoms with Gasteiger partial charge in [0.2, 0.25) is 0 Å². The molecule has 2 fully saturated rings. The Morgan fingerprint density at radius 1 is 1.02 bits per heavy atom. The van der Waals surface area contributed by atoms with Crippen molar-refractivity contribution in [1.29, 1.82) is 0 Å². The molecular weight excluding hydrogens is 692 g/mol. The molecule has 6 atom stereocenters. The van der Waals surface area contributed by atoms with Gasteiger partial charge in [-0.3, -0.25) is 0 Å². The van der Waals surface area contributed by atoms with Crippen LogP contribution < -0.4 is 0 Å². The van der Waals surface area contributed by atoms with Gasteiger partial charge in [-0.2, -0.15) is 18.3 Å². The topological polar surface area (TPSA) is 98.3 Å². The van der Waals surface area contributed by atoms with Crippen LogP contribution in [0, 0.1) is 0 Å². The Labute approximate surface area is 278 Å². The number of methoxy groups -OCH3 is 1. The Hall–Kier alpha value is -3.08. The van der Waals surface area contributed by atoms with E-state index >= 15 is 0 Å². The standard InChI is InChI=1S/C29H22Cl3F3N6O4S/c1-42-26-23(40-11-17(37-39-40)27-36-22(32)13-46-27)25-20(12-43-28(45-25)14-5-3-2-4-6-14)44-24(26)19-10-21(31)38-41(19)18-9-15(30)7-8-16(18)29(33,34)35/h2-11,13,20,23-26,28H,12H2,1H3/t20?,23?,24-,25-,26?,28?/m0/s1. The molecule has 17 heteroatoms. The lowest BCUT2D eigenvalue weighted by Crippen LogP contribution is -2.57. The highest BCUT2D eigenvalue weighted by atomic mass is 35.5. The van der Waals surface area contributed by atoms with Gasteiger partial charge in [-0.1, -0.05) is 70.3 Å². The van der Waals surface area contributed by atoms with Gasteiger partial charge in [-0.05, 0) is 18.2 Å². The van der Waals surface area contributed by atoms with E-state index in [-0.39, 0.29) is 28.2 Å². The molecule has 0 saturated carbocycles. The molecule has 0 aliphatic carbocycles. The van der Waals surface area contributed by atoms with Crippen molar-refractivity contribution in [3.8, 4) is 16.4 Å². The van der Waals surface area contributed by atoms with Crippen molar-refractivity contribution < 1.29 is 32.1 Å². The number of halogens is 6. The minimum Gasteiger partial charge on any atom is -0.376 e. The fourth-order valence-electron chi connectivity index (χ4n) is 5.76. The molecule has 0 radical (unpaired) electrons. The Morgan fingerprint density at radius 3 is 2.54 bits per heavy atom. The molecule has 2 aliphatic heterocycles. The molecule has 0 N–H and O–H groups in total. The highest BCUT2D eigenvalue weighted by molar-refractivity contribution is 7.13. The van der Waals surface area contributed by atoms with E-state index in [2.05, 4.69) is 20.4 Å². The molecule has 4 unspecified atom stereocenters. The summed E-state index contributed by atoms with van der Waals surface area (Å²) < 4.78 is 70.4. The highest BCUT2D eigenvalue weighted by Gasteiger charge is 2.53. The van der Waals surface area contributed by atoms with Crippen molar-refractivity contribution in [3.05, 3.63) is 98.3 Å². The molecule has 7 rings (SSSR count). The maximum absolute atomic E-state index is 14.2. The number of nitrogens with zero attached hydrogens (tertiary/aromatic N) is 6. The molecule has 2 aromatic carbocycles. The van der Waals surface area contributed by atoms with Crippen molar-refractivity contribution >= 4 is 46.1 Å². The Balaban J connectivity index is 1.33. The molecule has 0 amide bonds. The molecular formula is C29H22Cl3F3N6O4S. The summed E-state index contributed by atoms with van der Waals surface area (Å²) in [5.74, 6) is 0. The summed E-state index contributed by atoms with van der Waals surface area (Å²) in [6.07, 6.45) is -7.10. The minimum absolute atomic E-state index is 0.0656. The molecule has 46 heavy (non-hydrogen) atoms. The van der Waals surface area contributed by atoms with Crippen molar-refractivity contribution in [2.45, 2.75) is 42.9 Å². The van der Waals surface area contributed by atoms with Crippen LogP contribution >= 0.6 is 46.1 Å². The van der Waals surface area contributed by atoms with Crippen molar-refractivity contribution in [3.63, 3.8) is 0 Å². The number of ether oxygens (including phenoxy) is 4. The molecule has 240 valence electrons. The van der Waals surface area contributed by atoms with E-state index in [9.17, 15) is 13.2 Å². The predicted octanol–water partition coefficient (Wildman–Crippen LogP) is 7.38. The van der Waals surface area contributed by atoms with Crippen LogP contribution in [0.15, 0.2) is 66.2 Å². The second-order valence-electron chi connectivity index (χ2n) is 10.5. The first-order chi connectivity index (χ1) is 22.1. The molecule has 0 spiro atoms. The number of alkyl halides is 3. The molecule has 2 saturated heterocycles. The first-order valence-corrected chi connectivity index (χ1v) is 15.8. The van der Waals surface area contributed by atoms with E-state index in [4.69, 9.17) is 53.8 Å². The first-order valence-electron chi connectivity index (χ1n) is 13.8. The molecule has 5 heterocycles. The summed E-state index contributed by atoms with van der Waals surface area (Å²) >= 11 is 19.9. The Kier molecular flexibility index (Phi) is 8.57. The fourth-order valence-corrected chi connectivity index (χ4v) is 7.00. The normalized spacial score (nSPS) is 25.0. The zero-order chi connectivity index (χ0) is 32.2. The van der Waals surface area contributed by atoms with E-state index in [0.717, 1.165) is 22.4 Å². The molecule has 10 nitrogen and oxygen atoms in total. The monoisotopic (exact) mass is 712 g/mol. The quantitative estimate of drug-likeness (QED) is 0.180. The summed E-state index contributed by atoms with van der Waals surface area (Å²) in [6, 6.07) is 13.3. The van der Waals surface area contributed by atoms with Crippen LogP contribution in [0.25, 0.3) is 16.4 Å². The highest BCUT2D eigenvalue weighted by Crippen LogP contribution is 2.46. The third-order valence-corrected chi connectivity index (χ3v) is 9.31. The van der Waals surface area contributed by atoms with E-state index in [1.54, 1.807) is 16.3 Å². The number of thiazole rings is 1. The smallest absolute Gasteiger partial charge is 0.376 e. The van der Waals surface area contributed by atoms with Gasteiger partial charge in [0.1, 0.15) is 46.3 Å². The minimum atomic E-state index is -4.72. The SMILES string of the molecule is COC1C(n2cc(-c3nc(Cl)cs3)nn2)[C@H]2OC(c3ccccc3)OCC2O[C@H]1c1cc(Cl)nn1-c1cc(Cl)ccc1C(F)(F)F. The third kappa shape index (κ3) is 5.92. The van der Waals surface area contributed by atoms with Gasteiger partial charge in [0.05, 0.1) is 29.7 Å². The number of rotatable bonds is 6. The number of fused-ring (bicyclic) bond motifs is 1. The van der Waals surface area contributed by atoms with E-state index in [1.165, 1.54) is 30.6 Å². The van der Waals surface area contributed by atoms with Crippen LogP contribution in [0.1, 0.15) is 35.3 Å². The maximum atomic E-state index is 14.2. The van der Waals surface area contributed by atoms with Crippen LogP contribution in [-0.4, -0.2) is 61.8 Å². The van der Waals surface area contributed by atoms with Crippen molar-refractivity contribution in [1.82, 2.24) is 29.8 Å².